The van der Waals surface area contributed by atoms with Crippen molar-refractivity contribution in [1.29, 1.82) is 0 Å². The number of aromatic amines is 1. The molecule has 3 rings (SSSR count). The van der Waals surface area contributed by atoms with Crippen LogP contribution in [0.1, 0.15) is 15.9 Å². The molecule has 0 aliphatic carbocycles. The Morgan fingerprint density at radius 3 is 2.67 bits per heavy atom. The summed E-state index contributed by atoms with van der Waals surface area (Å²) in [5.41, 5.74) is 1.86. The van der Waals surface area contributed by atoms with E-state index >= 15 is 0 Å². The third-order valence-corrected chi connectivity index (χ3v) is 3.21. The molecule has 0 aliphatic rings. The minimum absolute atomic E-state index is 0.124. The number of fused-ring (bicyclic) bond motifs is 1. The summed E-state index contributed by atoms with van der Waals surface area (Å²) < 4.78 is 5.25. The van der Waals surface area contributed by atoms with Gasteiger partial charge < -0.3 is 9.72 Å². The van der Waals surface area contributed by atoms with Crippen molar-refractivity contribution in [2.45, 2.75) is 6.61 Å². The van der Waals surface area contributed by atoms with E-state index in [4.69, 9.17) is 4.74 Å². The molecule has 4 nitrogen and oxygen atoms in total. The molecular formula is C17H13NO3. The molecule has 0 unspecified atom stereocenters. The zero-order chi connectivity index (χ0) is 14.7. The molecule has 3 aromatic rings. The first-order valence-electron chi connectivity index (χ1n) is 6.56. The van der Waals surface area contributed by atoms with Crippen LogP contribution in [-0.2, 0) is 11.3 Å². The number of benzene rings is 2. The van der Waals surface area contributed by atoms with Crippen molar-refractivity contribution >= 4 is 16.9 Å². The monoisotopic (exact) mass is 279 g/mol. The van der Waals surface area contributed by atoms with E-state index in [9.17, 15) is 9.59 Å². The molecule has 0 amide bonds. The number of H-pyrrole nitrogens is 1. The lowest BCUT2D eigenvalue weighted by Crippen LogP contribution is -2.07. The Morgan fingerprint density at radius 2 is 1.86 bits per heavy atom. The fourth-order valence-electron chi connectivity index (χ4n) is 2.10. The number of esters is 1. The zero-order valence-electron chi connectivity index (χ0n) is 11.2. The van der Waals surface area contributed by atoms with Gasteiger partial charge in [-0.15, -0.1) is 0 Å². The van der Waals surface area contributed by atoms with Crippen LogP contribution >= 0.6 is 0 Å². The predicted octanol–water partition coefficient (Wildman–Crippen LogP) is 2.89. The van der Waals surface area contributed by atoms with Gasteiger partial charge in [0.15, 0.2) is 5.43 Å². The van der Waals surface area contributed by atoms with Crippen LogP contribution < -0.4 is 5.43 Å². The third-order valence-electron chi connectivity index (χ3n) is 3.21. The number of nitrogens with one attached hydrogen (secondary N) is 1. The third kappa shape index (κ3) is 2.84. The number of pyridine rings is 1. The second kappa shape index (κ2) is 5.63. The van der Waals surface area contributed by atoms with Gasteiger partial charge in [0, 0.05) is 23.2 Å². The van der Waals surface area contributed by atoms with E-state index < -0.39 is 5.97 Å². The van der Waals surface area contributed by atoms with Gasteiger partial charge >= 0.3 is 5.97 Å². The maximum Gasteiger partial charge on any atom is 0.338 e. The normalized spacial score (nSPS) is 10.5. The summed E-state index contributed by atoms with van der Waals surface area (Å²) in [5, 5.41) is 0.478. The molecule has 0 spiro atoms. The summed E-state index contributed by atoms with van der Waals surface area (Å²) >= 11 is 0. The Bertz CT molecular complexity index is 837. The minimum atomic E-state index is -0.441. The maximum absolute atomic E-state index is 12.0. The molecule has 0 saturated carbocycles. The van der Waals surface area contributed by atoms with Gasteiger partial charge in [-0.05, 0) is 23.8 Å². The Kier molecular flexibility index (Phi) is 3.51. The summed E-state index contributed by atoms with van der Waals surface area (Å²) in [7, 11) is 0. The van der Waals surface area contributed by atoms with Crippen molar-refractivity contribution in [3.63, 3.8) is 0 Å². The van der Waals surface area contributed by atoms with E-state index in [0.717, 1.165) is 5.56 Å². The molecular weight excluding hydrogens is 266 g/mol. The van der Waals surface area contributed by atoms with Gasteiger partial charge in [-0.3, -0.25) is 4.79 Å². The van der Waals surface area contributed by atoms with Crippen LogP contribution in [0.3, 0.4) is 0 Å². The lowest BCUT2D eigenvalue weighted by molar-refractivity contribution is 0.0473. The number of carbonyl (C=O) groups excluding carboxylic acids is 1. The zero-order valence-corrected chi connectivity index (χ0v) is 11.2. The van der Waals surface area contributed by atoms with Crippen molar-refractivity contribution < 1.29 is 9.53 Å². The second-order valence-electron chi connectivity index (χ2n) is 4.66. The number of hydrogen-bond acceptors (Lipinski definition) is 3. The van der Waals surface area contributed by atoms with Crippen molar-refractivity contribution in [3.8, 4) is 0 Å². The molecule has 4 heteroatoms. The van der Waals surface area contributed by atoms with Crippen molar-refractivity contribution in [2.24, 2.45) is 0 Å². The number of hydrogen-bond donors (Lipinski definition) is 1. The maximum atomic E-state index is 12.0. The van der Waals surface area contributed by atoms with Gasteiger partial charge in [-0.25, -0.2) is 4.79 Å². The van der Waals surface area contributed by atoms with Crippen molar-refractivity contribution in [1.82, 2.24) is 4.98 Å². The Hall–Kier alpha value is -2.88. The number of rotatable bonds is 3. The largest absolute Gasteiger partial charge is 0.457 e. The molecule has 0 bridgehead atoms. The molecule has 0 radical (unpaired) electrons. The summed E-state index contributed by atoms with van der Waals surface area (Å²) in [4.78, 5) is 26.8. The molecule has 21 heavy (non-hydrogen) atoms. The van der Waals surface area contributed by atoms with E-state index in [1.54, 1.807) is 24.4 Å². The van der Waals surface area contributed by atoms with Crippen LogP contribution in [0.25, 0.3) is 10.9 Å². The second-order valence-corrected chi connectivity index (χ2v) is 4.66. The standard InChI is InChI=1S/C17H13NO3/c19-16-8-9-18-15-7-6-13(10-14(15)16)17(20)21-11-12-4-2-1-3-5-12/h1-10H,11H2,(H,18,19). The molecule has 0 saturated heterocycles. The van der Waals surface area contributed by atoms with E-state index in [-0.39, 0.29) is 12.0 Å². The fourth-order valence-corrected chi connectivity index (χ4v) is 2.10. The summed E-state index contributed by atoms with van der Waals surface area (Å²) in [6.45, 7) is 0.211. The fraction of sp³-hybridized carbons (Fsp3) is 0.0588. The lowest BCUT2D eigenvalue weighted by atomic mass is 10.1. The molecule has 1 N–H and O–H groups in total. The molecule has 0 atom stereocenters. The summed E-state index contributed by atoms with van der Waals surface area (Å²) in [5.74, 6) is -0.441. The van der Waals surface area contributed by atoms with Crippen LogP contribution in [0.4, 0.5) is 0 Å². The number of carbonyl (C=O) groups is 1. The van der Waals surface area contributed by atoms with Gasteiger partial charge in [0.2, 0.25) is 0 Å². The highest BCUT2D eigenvalue weighted by molar-refractivity contribution is 5.94. The summed E-state index contributed by atoms with van der Waals surface area (Å²) in [6.07, 6.45) is 1.58. The van der Waals surface area contributed by atoms with Gasteiger partial charge in [-0.2, -0.15) is 0 Å². The lowest BCUT2D eigenvalue weighted by Gasteiger charge is -2.05. The van der Waals surface area contributed by atoms with Gasteiger partial charge in [-0.1, -0.05) is 30.3 Å². The van der Waals surface area contributed by atoms with Crippen molar-refractivity contribution in [2.75, 3.05) is 0 Å². The van der Waals surface area contributed by atoms with E-state index in [2.05, 4.69) is 4.98 Å². The molecule has 0 fully saturated rings. The van der Waals surface area contributed by atoms with Gasteiger partial charge in [0.25, 0.3) is 0 Å². The minimum Gasteiger partial charge on any atom is -0.457 e. The van der Waals surface area contributed by atoms with E-state index in [0.29, 0.717) is 16.5 Å². The van der Waals surface area contributed by atoms with Crippen LogP contribution in [0, 0.1) is 0 Å². The molecule has 2 aromatic carbocycles. The van der Waals surface area contributed by atoms with Crippen LogP contribution in [-0.4, -0.2) is 11.0 Å². The Balaban J connectivity index is 1.82. The quantitative estimate of drug-likeness (QED) is 0.750. The highest BCUT2D eigenvalue weighted by Crippen LogP contribution is 2.12. The molecule has 104 valence electrons. The average Bonchev–Trinajstić information content (AvgIpc) is 2.54. The van der Waals surface area contributed by atoms with E-state index in [1.165, 1.54) is 6.07 Å². The predicted molar refractivity (Wildman–Crippen MR) is 80.1 cm³/mol. The molecule has 1 heterocycles. The highest BCUT2D eigenvalue weighted by atomic mass is 16.5. The first-order chi connectivity index (χ1) is 10.2. The molecule has 1 aromatic heterocycles. The van der Waals surface area contributed by atoms with E-state index in [1.807, 2.05) is 30.3 Å². The average molecular weight is 279 g/mol. The Morgan fingerprint density at radius 1 is 1.05 bits per heavy atom. The topological polar surface area (TPSA) is 59.2 Å². The summed E-state index contributed by atoms with van der Waals surface area (Å²) in [6, 6.07) is 15.8. The van der Waals surface area contributed by atoms with Gasteiger partial charge in [0.05, 0.1) is 5.56 Å². The van der Waals surface area contributed by atoms with Crippen LogP contribution in [0.15, 0.2) is 65.6 Å². The first kappa shape index (κ1) is 13.1. The smallest absolute Gasteiger partial charge is 0.338 e. The van der Waals surface area contributed by atoms with Gasteiger partial charge in [0.1, 0.15) is 6.61 Å². The van der Waals surface area contributed by atoms with Crippen molar-refractivity contribution in [3.05, 3.63) is 82.1 Å². The van der Waals surface area contributed by atoms with Crippen LogP contribution in [0.2, 0.25) is 0 Å². The molecule has 0 aliphatic heterocycles. The van der Waals surface area contributed by atoms with Crippen LogP contribution in [0.5, 0.6) is 0 Å². The number of aromatic nitrogens is 1. The number of ether oxygens (including phenoxy) is 1. The SMILES string of the molecule is O=C(OCc1ccccc1)c1ccc2[nH]ccc(=O)c2c1. The first-order valence-corrected chi connectivity index (χ1v) is 6.56. The highest BCUT2D eigenvalue weighted by Gasteiger charge is 2.09. The Labute approximate surface area is 121 Å².